The van der Waals surface area contributed by atoms with Crippen molar-refractivity contribution < 1.29 is 19.8 Å². The average Bonchev–Trinajstić information content (AvgIpc) is 2.24. The minimum atomic E-state index is -1.01. The van der Waals surface area contributed by atoms with Crippen LogP contribution < -0.4 is 5.32 Å². The van der Waals surface area contributed by atoms with Gasteiger partial charge in [-0.2, -0.15) is 0 Å². The van der Waals surface area contributed by atoms with Gasteiger partial charge in [0.15, 0.2) is 0 Å². The van der Waals surface area contributed by atoms with E-state index in [4.69, 9.17) is 10.2 Å². The Balaban J connectivity index is 2.59. The molecule has 0 aliphatic heterocycles. The van der Waals surface area contributed by atoms with Crippen LogP contribution in [-0.4, -0.2) is 52.3 Å². The van der Waals surface area contributed by atoms with Crippen LogP contribution in [0.2, 0.25) is 0 Å². The number of hydrogen-bond donors (Lipinski definition) is 3. The van der Waals surface area contributed by atoms with Gasteiger partial charge < -0.3 is 20.4 Å². The quantitative estimate of drug-likeness (QED) is 0.646. The lowest BCUT2D eigenvalue weighted by Crippen LogP contribution is -2.54. The van der Waals surface area contributed by atoms with Gasteiger partial charge in [0.2, 0.25) is 0 Å². The molecule has 0 heterocycles. The molecule has 0 aromatic rings. The Morgan fingerprint density at radius 2 is 2.00 bits per heavy atom. The van der Waals surface area contributed by atoms with Crippen molar-refractivity contribution in [2.75, 3.05) is 13.2 Å². The zero-order valence-corrected chi connectivity index (χ0v) is 11.6. The number of aliphatic hydroxyl groups is 1. The number of hydrogen-bond acceptors (Lipinski definition) is 3. The zero-order valence-electron chi connectivity index (χ0n) is 11.6. The molecule has 0 bridgehead atoms. The van der Waals surface area contributed by atoms with Gasteiger partial charge in [-0.1, -0.05) is 13.8 Å². The summed E-state index contributed by atoms with van der Waals surface area (Å²) in [5, 5.41) is 20.7. The van der Waals surface area contributed by atoms with E-state index < -0.39 is 12.0 Å². The predicted molar refractivity (Wildman–Crippen MR) is 70.8 cm³/mol. The van der Waals surface area contributed by atoms with Gasteiger partial charge in [-0.3, -0.25) is 0 Å². The van der Waals surface area contributed by atoms with Crippen LogP contribution in [0.1, 0.15) is 39.5 Å². The summed E-state index contributed by atoms with van der Waals surface area (Å²) in [4.78, 5) is 24.8. The summed E-state index contributed by atoms with van der Waals surface area (Å²) in [6, 6.07) is -1.11. The smallest absolute Gasteiger partial charge is 0.326 e. The van der Waals surface area contributed by atoms with Crippen molar-refractivity contribution in [1.82, 2.24) is 10.2 Å². The molecule has 2 amide bonds. The van der Waals surface area contributed by atoms with Crippen molar-refractivity contribution in [3.63, 3.8) is 0 Å². The lowest BCUT2D eigenvalue weighted by molar-refractivity contribution is -0.139. The molecule has 0 aromatic carbocycles. The Kier molecular flexibility index (Phi) is 6.08. The normalized spacial score (nSPS) is 16.8. The first-order valence-electron chi connectivity index (χ1n) is 6.86. The topological polar surface area (TPSA) is 89.9 Å². The molecule has 1 aliphatic carbocycles. The summed E-state index contributed by atoms with van der Waals surface area (Å²) >= 11 is 0. The lowest BCUT2D eigenvalue weighted by atomic mass is 9.91. The zero-order chi connectivity index (χ0) is 14.4. The van der Waals surface area contributed by atoms with E-state index in [1.807, 2.05) is 13.8 Å². The predicted octanol–water partition coefficient (Wildman–Crippen LogP) is 1.04. The molecule has 1 atom stereocenters. The average molecular weight is 272 g/mol. The monoisotopic (exact) mass is 272 g/mol. The number of carboxylic acid groups (broad SMARTS) is 1. The van der Waals surface area contributed by atoms with Crippen LogP contribution in [0.15, 0.2) is 0 Å². The number of carboxylic acids is 1. The lowest BCUT2D eigenvalue weighted by Gasteiger charge is -2.37. The highest BCUT2D eigenvalue weighted by Crippen LogP contribution is 2.24. The second-order valence-electron chi connectivity index (χ2n) is 5.47. The molecular formula is C13H24N2O4. The largest absolute Gasteiger partial charge is 0.480 e. The minimum Gasteiger partial charge on any atom is -0.480 e. The molecule has 1 saturated carbocycles. The minimum absolute atomic E-state index is 0.105. The molecule has 1 unspecified atom stereocenters. The van der Waals surface area contributed by atoms with Crippen molar-refractivity contribution in [1.29, 1.82) is 0 Å². The summed E-state index contributed by atoms with van der Waals surface area (Å²) in [6.45, 7) is 3.98. The van der Waals surface area contributed by atoms with E-state index in [-0.39, 0.29) is 31.1 Å². The van der Waals surface area contributed by atoms with E-state index in [2.05, 4.69) is 5.32 Å². The van der Waals surface area contributed by atoms with Crippen LogP contribution in [0, 0.1) is 5.92 Å². The number of amides is 2. The number of nitrogens with zero attached hydrogens (tertiary/aromatic N) is 1. The first-order valence-corrected chi connectivity index (χ1v) is 6.86. The van der Waals surface area contributed by atoms with E-state index in [0.29, 0.717) is 6.42 Å². The molecule has 3 N–H and O–H groups in total. The van der Waals surface area contributed by atoms with Crippen LogP contribution in [0.5, 0.6) is 0 Å². The third-order valence-corrected chi connectivity index (χ3v) is 3.42. The number of rotatable bonds is 7. The molecule has 0 saturated heterocycles. The van der Waals surface area contributed by atoms with Crippen LogP contribution >= 0.6 is 0 Å². The second kappa shape index (κ2) is 7.33. The number of aliphatic carboxylic acids is 1. The van der Waals surface area contributed by atoms with E-state index in [1.165, 1.54) is 0 Å². The van der Waals surface area contributed by atoms with E-state index in [0.717, 1.165) is 19.3 Å². The maximum Gasteiger partial charge on any atom is 0.326 e. The highest BCUT2D eigenvalue weighted by atomic mass is 16.4. The van der Waals surface area contributed by atoms with Gasteiger partial charge >= 0.3 is 12.0 Å². The van der Waals surface area contributed by atoms with Gasteiger partial charge in [0.1, 0.15) is 6.04 Å². The summed E-state index contributed by atoms with van der Waals surface area (Å²) in [5.74, 6) is -0.823. The summed E-state index contributed by atoms with van der Waals surface area (Å²) in [5.41, 5.74) is 0. The van der Waals surface area contributed by atoms with Crippen molar-refractivity contribution >= 4 is 12.0 Å². The molecule has 1 fully saturated rings. The number of carbonyl (C=O) groups is 2. The molecule has 19 heavy (non-hydrogen) atoms. The fraction of sp³-hybridized carbons (Fsp3) is 0.846. The van der Waals surface area contributed by atoms with Crippen LogP contribution in [0.4, 0.5) is 4.79 Å². The van der Waals surface area contributed by atoms with Crippen LogP contribution in [-0.2, 0) is 4.79 Å². The molecule has 6 nitrogen and oxygen atoms in total. The molecule has 0 spiro atoms. The molecule has 1 rings (SSSR count). The second-order valence-corrected chi connectivity index (χ2v) is 5.47. The Morgan fingerprint density at radius 1 is 1.37 bits per heavy atom. The molecule has 1 aliphatic rings. The maximum atomic E-state index is 12.1. The van der Waals surface area contributed by atoms with Crippen LogP contribution in [0.25, 0.3) is 0 Å². The molecular weight excluding hydrogens is 248 g/mol. The Labute approximate surface area is 113 Å². The van der Waals surface area contributed by atoms with Crippen molar-refractivity contribution in [2.45, 2.75) is 51.6 Å². The summed E-state index contributed by atoms with van der Waals surface area (Å²) in [6.07, 6.45) is 3.33. The van der Waals surface area contributed by atoms with Gasteiger partial charge in [0.25, 0.3) is 0 Å². The SMILES string of the molecule is CC(C)CC(NC(=O)N(CCO)C1CCC1)C(=O)O. The fourth-order valence-corrected chi connectivity index (χ4v) is 2.18. The summed E-state index contributed by atoms with van der Waals surface area (Å²) in [7, 11) is 0. The Hall–Kier alpha value is -1.30. The van der Waals surface area contributed by atoms with Gasteiger partial charge in [0, 0.05) is 12.6 Å². The van der Waals surface area contributed by atoms with Crippen molar-refractivity contribution in [3.05, 3.63) is 0 Å². The van der Waals surface area contributed by atoms with Gasteiger partial charge in [-0.25, -0.2) is 9.59 Å². The number of aliphatic hydroxyl groups excluding tert-OH is 1. The Bertz CT molecular complexity index is 316. The van der Waals surface area contributed by atoms with E-state index in [1.54, 1.807) is 4.90 Å². The molecule has 110 valence electrons. The molecule has 0 aromatic heterocycles. The molecule has 6 heteroatoms. The fourth-order valence-electron chi connectivity index (χ4n) is 2.18. The first kappa shape index (κ1) is 15.8. The number of carbonyl (C=O) groups excluding carboxylic acids is 1. The third kappa shape index (κ3) is 4.70. The maximum absolute atomic E-state index is 12.1. The number of urea groups is 1. The van der Waals surface area contributed by atoms with Gasteiger partial charge in [0.05, 0.1) is 6.61 Å². The highest BCUT2D eigenvalue weighted by Gasteiger charge is 2.30. The van der Waals surface area contributed by atoms with E-state index >= 15 is 0 Å². The third-order valence-electron chi connectivity index (χ3n) is 3.42. The standard InChI is InChI=1S/C13H24N2O4/c1-9(2)8-11(12(17)18)14-13(19)15(6-7-16)10-4-3-5-10/h9-11,16H,3-8H2,1-2H3,(H,14,19)(H,17,18). The van der Waals surface area contributed by atoms with Crippen molar-refractivity contribution in [2.24, 2.45) is 5.92 Å². The van der Waals surface area contributed by atoms with Gasteiger partial charge in [-0.05, 0) is 31.6 Å². The van der Waals surface area contributed by atoms with Gasteiger partial charge in [-0.15, -0.1) is 0 Å². The summed E-state index contributed by atoms with van der Waals surface area (Å²) < 4.78 is 0. The van der Waals surface area contributed by atoms with Crippen LogP contribution in [0.3, 0.4) is 0 Å². The number of nitrogens with one attached hydrogen (secondary N) is 1. The highest BCUT2D eigenvalue weighted by molar-refractivity contribution is 5.82. The van der Waals surface area contributed by atoms with Crippen molar-refractivity contribution in [3.8, 4) is 0 Å². The molecule has 0 radical (unpaired) electrons. The first-order chi connectivity index (χ1) is 8.95. The van der Waals surface area contributed by atoms with E-state index in [9.17, 15) is 9.59 Å². The Morgan fingerprint density at radius 3 is 2.37 bits per heavy atom.